The number of carboxylic acid groups (broad SMARTS) is 1. The lowest BCUT2D eigenvalue weighted by atomic mass is 10.2. The van der Waals surface area contributed by atoms with Crippen LogP contribution < -0.4 is 10.2 Å². The molecule has 2 aromatic carbocycles. The number of nitrogens with one attached hydrogen (secondary N) is 1. The highest BCUT2D eigenvalue weighted by Crippen LogP contribution is 2.25. The zero-order valence-electron chi connectivity index (χ0n) is 18.4. The van der Waals surface area contributed by atoms with Crippen LogP contribution in [0.3, 0.4) is 0 Å². The quantitative estimate of drug-likeness (QED) is 0.301. The number of aromatic nitrogens is 2. The highest BCUT2D eigenvalue weighted by Gasteiger charge is 2.14. The number of halogens is 1. The maximum Gasteiger partial charge on any atom is 0.337 e. The minimum absolute atomic E-state index is 0.0406. The molecule has 172 valence electrons. The SMILES string of the molecule is Cc1cc(/C=N\NC(=O)COc2cccc3cccnc23)c(C)n1-c1ccc(C(=O)O)c(Cl)c1. The van der Waals surface area contributed by atoms with E-state index in [1.807, 2.05) is 48.7 Å². The lowest BCUT2D eigenvalue weighted by Crippen LogP contribution is -2.24. The van der Waals surface area contributed by atoms with E-state index in [1.165, 1.54) is 6.07 Å². The van der Waals surface area contributed by atoms with E-state index in [0.717, 1.165) is 28.0 Å². The molecule has 0 saturated carbocycles. The summed E-state index contributed by atoms with van der Waals surface area (Å²) in [4.78, 5) is 27.7. The molecule has 0 unspecified atom stereocenters. The molecule has 8 nitrogen and oxygen atoms in total. The number of carboxylic acids is 1. The van der Waals surface area contributed by atoms with E-state index < -0.39 is 11.9 Å². The number of hydrogen-bond donors (Lipinski definition) is 2. The van der Waals surface area contributed by atoms with Crippen LogP contribution >= 0.6 is 11.6 Å². The first-order chi connectivity index (χ1) is 16.3. The number of carbonyl (C=O) groups excluding carboxylic acids is 1. The molecular formula is C25H21ClN4O4. The molecule has 9 heteroatoms. The number of rotatable bonds is 7. The lowest BCUT2D eigenvalue weighted by Gasteiger charge is -2.11. The van der Waals surface area contributed by atoms with Gasteiger partial charge in [-0.25, -0.2) is 10.2 Å². The van der Waals surface area contributed by atoms with E-state index in [0.29, 0.717) is 11.3 Å². The number of carbonyl (C=O) groups is 2. The molecule has 0 bridgehead atoms. The van der Waals surface area contributed by atoms with Crippen molar-refractivity contribution in [3.8, 4) is 11.4 Å². The summed E-state index contributed by atoms with van der Waals surface area (Å²) in [6.45, 7) is 3.60. The molecule has 0 radical (unpaired) electrons. The van der Waals surface area contributed by atoms with Gasteiger partial charge in [0, 0.05) is 34.2 Å². The molecule has 2 heterocycles. The van der Waals surface area contributed by atoms with Crippen molar-refractivity contribution in [1.29, 1.82) is 0 Å². The van der Waals surface area contributed by atoms with Gasteiger partial charge in [0.15, 0.2) is 6.61 Å². The number of hydrogen-bond acceptors (Lipinski definition) is 5. The van der Waals surface area contributed by atoms with Crippen molar-refractivity contribution < 1.29 is 19.4 Å². The summed E-state index contributed by atoms with van der Waals surface area (Å²) in [5.74, 6) is -0.968. The molecule has 2 N–H and O–H groups in total. The van der Waals surface area contributed by atoms with Crippen LogP contribution in [0.2, 0.25) is 5.02 Å². The third kappa shape index (κ3) is 4.77. The zero-order chi connectivity index (χ0) is 24.2. The molecule has 1 amide bonds. The summed E-state index contributed by atoms with van der Waals surface area (Å²) in [6, 6.07) is 16.0. The number of aromatic carboxylic acids is 1. The van der Waals surface area contributed by atoms with Crippen LogP contribution in [0.15, 0.2) is 65.9 Å². The average Bonchev–Trinajstić information content (AvgIpc) is 3.10. The number of pyridine rings is 1. The van der Waals surface area contributed by atoms with Gasteiger partial charge in [0.05, 0.1) is 16.8 Å². The predicted molar refractivity (Wildman–Crippen MR) is 130 cm³/mol. The van der Waals surface area contributed by atoms with Crippen molar-refractivity contribution in [2.75, 3.05) is 6.61 Å². The summed E-state index contributed by atoms with van der Waals surface area (Å²) < 4.78 is 7.55. The van der Waals surface area contributed by atoms with Gasteiger partial charge in [0.1, 0.15) is 11.3 Å². The van der Waals surface area contributed by atoms with Gasteiger partial charge in [0.25, 0.3) is 5.91 Å². The summed E-state index contributed by atoms with van der Waals surface area (Å²) in [5, 5.41) is 14.3. The molecule has 0 atom stereocenters. The third-order valence-corrected chi connectivity index (χ3v) is 5.57. The summed E-state index contributed by atoms with van der Waals surface area (Å²) in [5.41, 5.74) is 6.46. The molecule has 4 aromatic rings. The molecule has 0 aliphatic carbocycles. The van der Waals surface area contributed by atoms with Gasteiger partial charge in [-0.15, -0.1) is 0 Å². The van der Waals surface area contributed by atoms with Gasteiger partial charge in [-0.2, -0.15) is 5.10 Å². The van der Waals surface area contributed by atoms with Gasteiger partial charge >= 0.3 is 5.97 Å². The summed E-state index contributed by atoms with van der Waals surface area (Å²) in [6.07, 6.45) is 3.22. The Balaban J connectivity index is 1.43. The van der Waals surface area contributed by atoms with E-state index >= 15 is 0 Å². The Hall–Kier alpha value is -4.17. The van der Waals surface area contributed by atoms with Crippen LogP contribution in [0.1, 0.15) is 27.3 Å². The fraction of sp³-hybridized carbons (Fsp3) is 0.120. The minimum atomic E-state index is -1.08. The maximum atomic E-state index is 12.2. The Kier molecular flexibility index (Phi) is 6.60. The molecule has 0 saturated heterocycles. The van der Waals surface area contributed by atoms with Crippen molar-refractivity contribution in [2.24, 2.45) is 5.10 Å². The molecule has 2 aromatic heterocycles. The Morgan fingerprint density at radius 2 is 1.97 bits per heavy atom. The smallest absolute Gasteiger partial charge is 0.337 e. The normalized spacial score (nSPS) is 11.1. The average molecular weight is 477 g/mol. The second-order valence-electron chi connectivity index (χ2n) is 7.54. The van der Waals surface area contributed by atoms with E-state index in [1.54, 1.807) is 30.6 Å². The number of hydrazone groups is 1. The number of ether oxygens (including phenoxy) is 1. The first kappa shape index (κ1) is 23.0. The first-order valence-corrected chi connectivity index (χ1v) is 10.7. The monoisotopic (exact) mass is 476 g/mol. The third-order valence-electron chi connectivity index (χ3n) is 5.26. The minimum Gasteiger partial charge on any atom is -0.481 e. The number of nitrogens with zero attached hydrogens (tertiary/aromatic N) is 3. The van der Waals surface area contributed by atoms with Gasteiger partial charge in [-0.05, 0) is 50.2 Å². The van der Waals surface area contributed by atoms with Crippen LogP contribution in [0.4, 0.5) is 0 Å². The van der Waals surface area contributed by atoms with E-state index in [2.05, 4.69) is 15.5 Å². The van der Waals surface area contributed by atoms with E-state index in [9.17, 15) is 14.7 Å². The molecule has 0 aliphatic heterocycles. The topological polar surface area (TPSA) is 106 Å². The summed E-state index contributed by atoms with van der Waals surface area (Å²) >= 11 is 6.13. The Morgan fingerprint density at radius 1 is 1.18 bits per heavy atom. The van der Waals surface area contributed by atoms with E-state index in [4.69, 9.17) is 16.3 Å². The van der Waals surface area contributed by atoms with Gasteiger partial charge in [-0.3, -0.25) is 9.78 Å². The first-order valence-electron chi connectivity index (χ1n) is 10.4. The summed E-state index contributed by atoms with van der Waals surface area (Å²) in [7, 11) is 0. The Morgan fingerprint density at radius 3 is 2.74 bits per heavy atom. The maximum absolute atomic E-state index is 12.2. The lowest BCUT2D eigenvalue weighted by molar-refractivity contribution is -0.123. The predicted octanol–water partition coefficient (Wildman–Crippen LogP) is 4.52. The Bertz CT molecular complexity index is 1420. The zero-order valence-corrected chi connectivity index (χ0v) is 19.2. The van der Waals surface area contributed by atoms with Crippen LogP contribution in [0.25, 0.3) is 16.6 Å². The van der Waals surface area contributed by atoms with Gasteiger partial charge in [-0.1, -0.05) is 29.8 Å². The number of fused-ring (bicyclic) bond motifs is 1. The number of amides is 1. The van der Waals surface area contributed by atoms with E-state index in [-0.39, 0.29) is 17.2 Å². The highest BCUT2D eigenvalue weighted by atomic mass is 35.5. The molecule has 0 spiro atoms. The van der Waals surface area contributed by atoms with Crippen LogP contribution in [0, 0.1) is 13.8 Å². The van der Waals surface area contributed by atoms with Crippen molar-refractivity contribution >= 4 is 40.6 Å². The number of benzene rings is 2. The second-order valence-corrected chi connectivity index (χ2v) is 7.95. The van der Waals surface area contributed by atoms with Crippen LogP contribution in [0.5, 0.6) is 5.75 Å². The van der Waals surface area contributed by atoms with Gasteiger partial charge < -0.3 is 14.4 Å². The molecular weight excluding hydrogens is 456 g/mol. The molecule has 0 fully saturated rings. The fourth-order valence-electron chi connectivity index (χ4n) is 3.67. The molecule has 4 rings (SSSR count). The largest absolute Gasteiger partial charge is 0.481 e. The molecule has 0 aliphatic rings. The van der Waals surface area contributed by atoms with Gasteiger partial charge in [0.2, 0.25) is 0 Å². The van der Waals surface area contributed by atoms with Crippen molar-refractivity contribution in [3.63, 3.8) is 0 Å². The number of aryl methyl sites for hydroxylation is 1. The highest BCUT2D eigenvalue weighted by molar-refractivity contribution is 6.33. The fourth-order valence-corrected chi connectivity index (χ4v) is 3.93. The standard InChI is InChI=1S/C25H21ClN4O4/c1-15-11-18(16(2)30(15)19-8-9-20(25(32)33)21(26)12-19)13-28-29-23(31)14-34-22-7-3-5-17-6-4-10-27-24(17)22/h3-13H,14H2,1-2H3,(H,29,31)(H,32,33)/b28-13-. The van der Waals surface area contributed by atoms with Crippen LogP contribution in [-0.2, 0) is 4.79 Å². The van der Waals surface area contributed by atoms with Crippen molar-refractivity contribution in [2.45, 2.75) is 13.8 Å². The Labute approximate surface area is 200 Å². The number of para-hydroxylation sites is 1. The van der Waals surface area contributed by atoms with Crippen molar-refractivity contribution in [1.82, 2.24) is 15.0 Å². The van der Waals surface area contributed by atoms with Crippen molar-refractivity contribution in [3.05, 3.63) is 88.3 Å². The molecule has 34 heavy (non-hydrogen) atoms. The second kappa shape index (κ2) is 9.76. The van der Waals surface area contributed by atoms with Crippen LogP contribution in [-0.4, -0.2) is 39.4 Å².